The number of rotatable bonds is 0. The van der Waals surface area contributed by atoms with E-state index in [2.05, 4.69) is 51.8 Å². The fourth-order valence-electron chi connectivity index (χ4n) is 2.36. The summed E-state index contributed by atoms with van der Waals surface area (Å²) in [5.74, 6) is 0. The first-order valence-corrected chi connectivity index (χ1v) is 6.75. The Morgan fingerprint density at radius 1 is 1.06 bits per heavy atom. The third-order valence-corrected chi connectivity index (χ3v) is 3.82. The number of anilines is 1. The quantitative estimate of drug-likeness (QED) is 0.640. The van der Waals surface area contributed by atoms with Gasteiger partial charge in [0.25, 0.3) is 0 Å². The second-order valence-corrected chi connectivity index (χ2v) is 5.51. The summed E-state index contributed by atoms with van der Waals surface area (Å²) in [5.41, 5.74) is 6.09. The summed E-state index contributed by atoms with van der Waals surface area (Å²) >= 11 is 0. The summed E-state index contributed by atoms with van der Waals surface area (Å²) in [4.78, 5) is 2.38. The summed E-state index contributed by atoms with van der Waals surface area (Å²) in [5, 5.41) is 0. The maximum Gasteiger partial charge on any atom is 0.0404 e. The van der Waals surface area contributed by atoms with Gasteiger partial charge >= 0.3 is 0 Å². The zero-order chi connectivity index (χ0) is 13.2. The van der Waals surface area contributed by atoms with Crippen molar-refractivity contribution in [2.24, 2.45) is 0 Å². The lowest BCUT2D eigenvalue weighted by molar-refractivity contribution is 0.461. The minimum Gasteiger partial charge on any atom is -0.374 e. The van der Waals surface area contributed by atoms with Crippen molar-refractivity contribution in [3.8, 4) is 0 Å². The van der Waals surface area contributed by atoms with Gasteiger partial charge in [0.05, 0.1) is 0 Å². The molecule has 0 bridgehead atoms. The Morgan fingerprint density at radius 2 is 1.59 bits per heavy atom. The summed E-state index contributed by atoms with van der Waals surface area (Å²) < 4.78 is 0. The molecular formula is C16H27N. The van der Waals surface area contributed by atoms with Crippen LogP contribution in [0.5, 0.6) is 0 Å². The van der Waals surface area contributed by atoms with Crippen LogP contribution in [-0.2, 0) is 5.41 Å². The molecule has 1 aliphatic rings. The van der Waals surface area contributed by atoms with Crippen LogP contribution in [0.2, 0.25) is 0 Å². The molecule has 2 rings (SSSR count). The molecule has 0 aliphatic carbocycles. The van der Waals surface area contributed by atoms with Gasteiger partial charge < -0.3 is 4.90 Å². The van der Waals surface area contributed by atoms with E-state index in [0.29, 0.717) is 5.41 Å². The van der Waals surface area contributed by atoms with Gasteiger partial charge in [-0.05, 0) is 48.4 Å². The topological polar surface area (TPSA) is 3.24 Å². The number of aryl methyl sites for hydroxylation is 2. The predicted molar refractivity (Wildman–Crippen MR) is 78.2 cm³/mol. The van der Waals surface area contributed by atoms with Crippen LogP contribution in [-0.4, -0.2) is 13.6 Å². The first-order valence-electron chi connectivity index (χ1n) is 6.75. The molecule has 1 aliphatic heterocycles. The Labute approximate surface area is 107 Å². The highest BCUT2D eigenvalue weighted by Gasteiger charge is 2.29. The molecule has 1 heterocycles. The largest absolute Gasteiger partial charge is 0.374 e. The smallest absolute Gasteiger partial charge is 0.0404 e. The van der Waals surface area contributed by atoms with E-state index in [9.17, 15) is 0 Å². The molecule has 0 aromatic heterocycles. The molecule has 0 saturated carbocycles. The molecule has 1 aromatic rings. The molecule has 0 unspecified atom stereocenters. The first-order chi connectivity index (χ1) is 7.92. The molecular weight excluding hydrogens is 206 g/mol. The molecule has 1 nitrogen and oxygen atoms in total. The maximum absolute atomic E-state index is 2.38. The minimum absolute atomic E-state index is 0.334. The number of benzene rings is 1. The van der Waals surface area contributed by atoms with Crippen LogP contribution >= 0.6 is 0 Å². The zero-order valence-corrected chi connectivity index (χ0v) is 12.5. The summed E-state index contributed by atoms with van der Waals surface area (Å²) in [6.45, 7) is 14.3. The molecule has 0 atom stereocenters. The predicted octanol–water partition coefficient (Wildman–Crippen LogP) is 4.45. The lowest BCUT2D eigenvalue weighted by atomic mass is 9.77. The Balaban J connectivity index is 0.000000686. The lowest BCUT2D eigenvalue weighted by Gasteiger charge is -2.39. The molecule has 0 N–H and O–H groups in total. The fourth-order valence-corrected chi connectivity index (χ4v) is 2.36. The van der Waals surface area contributed by atoms with Crippen LogP contribution in [0.15, 0.2) is 12.1 Å². The number of fused-ring (bicyclic) bond motifs is 1. The van der Waals surface area contributed by atoms with Crippen LogP contribution in [0.25, 0.3) is 0 Å². The van der Waals surface area contributed by atoms with Crippen molar-refractivity contribution in [2.75, 3.05) is 18.5 Å². The molecule has 0 spiro atoms. The summed E-state index contributed by atoms with van der Waals surface area (Å²) in [7, 11) is 2.20. The van der Waals surface area contributed by atoms with Gasteiger partial charge in [0.1, 0.15) is 0 Å². The first kappa shape index (κ1) is 14.1. The average molecular weight is 233 g/mol. The maximum atomic E-state index is 2.38. The number of hydrogen-bond acceptors (Lipinski definition) is 1. The van der Waals surface area contributed by atoms with Gasteiger partial charge in [0, 0.05) is 19.3 Å². The van der Waals surface area contributed by atoms with Crippen LogP contribution in [0.1, 0.15) is 50.8 Å². The average Bonchev–Trinajstić information content (AvgIpc) is 2.30. The monoisotopic (exact) mass is 233 g/mol. The normalized spacial score (nSPS) is 17.0. The second-order valence-electron chi connectivity index (χ2n) is 5.51. The Kier molecular flexibility index (Phi) is 4.24. The van der Waals surface area contributed by atoms with Crippen molar-refractivity contribution in [3.63, 3.8) is 0 Å². The highest BCUT2D eigenvalue weighted by atomic mass is 15.1. The standard InChI is InChI=1S/C14H21N.C2H6/c1-10-8-12-13(9-11(10)2)15(5)7-6-14(12,3)4;1-2/h8-9H,6-7H2,1-5H3;1-2H3. The van der Waals surface area contributed by atoms with Crippen LogP contribution in [0, 0.1) is 13.8 Å². The minimum atomic E-state index is 0.334. The van der Waals surface area contributed by atoms with Crippen molar-refractivity contribution in [3.05, 3.63) is 28.8 Å². The van der Waals surface area contributed by atoms with Gasteiger partial charge in [-0.2, -0.15) is 0 Å². The van der Waals surface area contributed by atoms with Crippen molar-refractivity contribution < 1.29 is 0 Å². The molecule has 0 radical (unpaired) electrons. The Hall–Kier alpha value is -0.980. The van der Waals surface area contributed by atoms with E-state index in [-0.39, 0.29) is 0 Å². The second kappa shape index (κ2) is 5.12. The van der Waals surface area contributed by atoms with Crippen molar-refractivity contribution in [2.45, 2.75) is 53.4 Å². The highest BCUT2D eigenvalue weighted by molar-refractivity contribution is 5.61. The van der Waals surface area contributed by atoms with Gasteiger partial charge in [-0.3, -0.25) is 0 Å². The Morgan fingerprint density at radius 3 is 2.18 bits per heavy atom. The van der Waals surface area contributed by atoms with Crippen molar-refractivity contribution in [1.82, 2.24) is 0 Å². The van der Waals surface area contributed by atoms with E-state index in [1.807, 2.05) is 13.8 Å². The third kappa shape index (κ3) is 2.65. The SMILES string of the molecule is CC.Cc1cc2c(cc1C)C(C)(C)CCN2C. The van der Waals surface area contributed by atoms with E-state index in [1.54, 1.807) is 0 Å². The van der Waals surface area contributed by atoms with Crippen LogP contribution < -0.4 is 4.90 Å². The molecule has 0 amide bonds. The third-order valence-electron chi connectivity index (χ3n) is 3.82. The van der Waals surface area contributed by atoms with Gasteiger partial charge in [-0.25, -0.2) is 0 Å². The lowest BCUT2D eigenvalue weighted by Crippen LogP contribution is -2.34. The van der Waals surface area contributed by atoms with E-state index in [4.69, 9.17) is 0 Å². The fraction of sp³-hybridized carbons (Fsp3) is 0.625. The van der Waals surface area contributed by atoms with Gasteiger partial charge in [-0.1, -0.05) is 33.8 Å². The van der Waals surface area contributed by atoms with Gasteiger partial charge in [0.15, 0.2) is 0 Å². The summed E-state index contributed by atoms with van der Waals surface area (Å²) in [6, 6.07) is 4.71. The molecule has 1 aromatic carbocycles. The van der Waals surface area contributed by atoms with E-state index < -0.39 is 0 Å². The van der Waals surface area contributed by atoms with Crippen LogP contribution in [0.4, 0.5) is 5.69 Å². The molecule has 96 valence electrons. The molecule has 1 heteroatoms. The van der Waals surface area contributed by atoms with Gasteiger partial charge in [-0.15, -0.1) is 0 Å². The summed E-state index contributed by atoms with van der Waals surface area (Å²) in [6.07, 6.45) is 1.25. The number of hydrogen-bond donors (Lipinski definition) is 0. The van der Waals surface area contributed by atoms with Crippen molar-refractivity contribution in [1.29, 1.82) is 0 Å². The zero-order valence-electron chi connectivity index (χ0n) is 12.5. The van der Waals surface area contributed by atoms with E-state index >= 15 is 0 Å². The molecule has 0 fully saturated rings. The van der Waals surface area contributed by atoms with E-state index in [0.717, 1.165) is 0 Å². The van der Waals surface area contributed by atoms with Gasteiger partial charge in [0.2, 0.25) is 0 Å². The highest BCUT2D eigenvalue weighted by Crippen LogP contribution is 2.40. The van der Waals surface area contributed by atoms with Crippen molar-refractivity contribution >= 4 is 5.69 Å². The number of nitrogens with zero attached hydrogens (tertiary/aromatic N) is 1. The Bertz CT molecular complexity index is 391. The molecule has 0 saturated heterocycles. The van der Waals surface area contributed by atoms with E-state index in [1.165, 1.54) is 35.3 Å². The molecule has 17 heavy (non-hydrogen) atoms. The van der Waals surface area contributed by atoms with Crippen LogP contribution in [0.3, 0.4) is 0 Å².